The van der Waals surface area contributed by atoms with Gasteiger partial charge in [-0.2, -0.15) is 0 Å². The summed E-state index contributed by atoms with van der Waals surface area (Å²) in [5, 5.41) is 3.13. The second-order valence-corrected chi connectivity index (χ2v) is 6.81. The van der Waals surface area contributed by atoms with Crippen molar-refractivity contribution in [2.24, 2.45) is 5.92 Å². The summed E-state index contributed by atoms with van der Waals surface area (Å²) in [4.78, 5) is 14.8. The summed E-state index contributed by atoms with van der Waals surface area (Å²) >= 11 is 0. The van der Waals surface area contributed by atoms with Gasteiger partial charge in [-0.25, -0.2) is 0 Å². The van der Waals surface area contributed by atoms with Crippen LogP contribution in [0.1, 0.15) is 38.7 Å². The maximum Gasteiger partial charge on any atom is 0.230 e. The first-order valence-corrected chi connectivity index (χ1v) is 8.02. The summed E-state index contributed by atoms with van der Waals surface area (Å²) in [6.45, 7) is 7.15. The highest BCUT2D eigenvalue weighted by molar-refractivity contribution is 5.87. The standard InChI is InChI=1S/C18H28N2O/c1-18(2,16-9-5-4-6-10-16)17(21)19-12-11-15-8-7-13-20(3)14-15/h4-6,9-10,15H,7-8,11-14H2,1-3H3,(H,19,21)/t15-/m1/s1. The van der Waals surface area contributed by atoms with Crippen molar-refractivity contribution in [3.63, 3.8) is 0 Å². The molecule has 1 aliphatic heterocycles. The Kier molecular flexibility index (Phi) is 5.40. The fraction of sp³-hybridized carbons (Fsp3) is 0.611. The molecular formula is C18H28N2O. The molecule has 3 heteroatoms. The van der Waals surface area contributed by atoms with Crippen LogP contribution in [-0.4, -0.2) is 37.5 Å². The molecule has 1 saturated heterocycles. The number of rotatable bonds is 5. The lowest BCUT2D eigenvalue weighted by Crippen LogP contribution is -2.41. The van der Waals surface area contributed by atoms with Gasteiger partial charge in [-0.1, -0.05) is 30.3 Å². The van der Waals surface area contributed by atoms with Gasteiger partial charge in [0.2, 0.25) is 5.91 Å². The van der Waals surface area contributed by atoms with Gasteiger partial charge in [0.25, 0.3) is 0 Å². The van der Waals surface area contributed by atoms with Crippen LogP contribution in [0.25, 0.3) is 0 Å². The Morgan fingerprint density at radius 2 is 2.05 bits per heavy atom. The van der Waals surface area contributed by atoms with Crippen LogP contribution in [0.15, 0.2) is 30.3 Å². The first kappa shape index (κ1) is 16.0. The van der Waals surface area contributed by atoms with Gasteiger partial charge < -0.3 is 10.2 Å². The largest absolute Gasteiger partial charge is 0.355 e. The first-order valence-electron chi connectivity index (χ1n) is 8.02. The first-order chi connectivity index (χ1) is 10.00. The average molecular weight is 288 g/mol. The molecule has 0 unspecified atom stereocenters. The van der Waals surface area contributed by atoms with E-state index in [4.69, 9.17) is 0 Å². The molecule has 0 radical (unpaired) electrons. The molecule has 3 nitrogen and oxygen atoms in total. The van der Waals surface area contributed by atoms with Crippen molar-refractivity contribution in [2.45, 2.75) is 38.5 Å². The maximum absolute atomic E-state index is 12.4. The van der Waals surface area contributed by atoms with Crippen molar-refractivity contribution < 1.29 is 4.79 Å². The minimum Gasteiger partial charge on any atom is -0.355 e. The highest BCUT2D eigenvalue weighted by Crippen LogP contribution is 2.23. The Labute approximate surface area is 128 Å². The van der Waals surface area contributed by atoms with E-state index < -0.39 is 5.41 Å². The molecule has 1 aliphatic rings. The zero-order valence-electron chi connectivity index (χ0n) is 13.6. The quantitative estimate of drug-likeness (QED) is 0.903. The Morgan fingerprint density at radius 1 is 1.33 bits per heavy atom. The normalized spacial score (nSPS) is 20.2. The molecule has 0 saturated carbocycles. The van der Waals surface area contributed by atoms with Crippen molar-refractivity contribution in [1.29, 1.82) is 0 Å². The molecule has 1 aromatic carbocycles. The predicted octanol–water partition coefficient (Wildman–Crippen LogP) is 2.81. The molecule has 0 spiro atoms. The molecule has 1 amide bonds. The van der Waals surface area contributed by atoms with Crippen molar-refractivity contribution in [3.05, 3.63) is 35.9 Å². The van der Waals surface area contributed by atoms with E-state index in [1.54, 1.807) is 0 Å². The SMILES string of the molecule is CN1CCC[C@H](CCNC(=O)C(C)(C)c2ccccc2)C1. The number of carbonyl (C=O) groups excluding carboxylic acids is 1. The van der Waals surface area contributed by atoms with Gasteiger partial charge >= 0.3 is 0 Å². The van der Waals surface area contributed by atoms with Crippen LogP contribution in [-0.2, 0) is 10.2 Å². The van der Waals surface area contributed by atoms with Crippen LogP contribution >= 0.6 is 0 Å². The van der Waals surface area contributed by atoms with E-state index in [1.165, 1.54) is 19.4 Å². The minimum atomic E-state index is -0.468. The van der Waals surface area contributed by atoms with Gasteiger partial charge in [0.05, 0.1) is 5.41 Å². The summed E-state index contributed by atoms with van der Waals surface area (Å²) in [7, 11) is 2.18. The van der Waals surface area contributed by atoms with E-state index in [0.717, 1.165) is 31.0 Å². The van der Waals surface area contributed by atoms with E-state index >= 15 is 0 Å². The lowest BCUT2D eigenvalue weighted by Gasteiger charge is -2.30. The van der Waals surface area contributed by atoms with Crippen molar-refractivity contribution in [3.8, 4) is 0 Å². The number of hydrogen-bond donors (Lipinski definition) is 1. The number of piperidine rings is 1. The molecule has 1 N–H and O–H groups in total. The molecule has 1 aromatic rings. The van der Waals surface area contributed by atoms with Gasteiger partial charge in [-0.3, -0.25) is 4.79 Å². The van der Waals surface area contributed by atoms with E-state index in [1.807, 2.05) is 44.2 Å². The van der Waals surface area contributed by atoms with Crippen LogP contribution < -0.4 is 5.32 Å². The zero-order chi connectivity index (χ0) is 15.3. The monoisotopic (exact) mass is 288 g/mol. The van der Waals surface area contributed by atoms with Gasteiger partial charge in [-0.05, 0) is 58.2 Å². The molecule has 0 aliphatic carbocycles. The van der Waals surface area contributed by atoms with E-state index in [2.05, 4.69) is 17.3 Å². The Morgan fingerprint density at radius 3 is 2.71 bits per heavy atom. The number of carbonyl (C=O) groups is 1. The van der Waals surface area contributed by atoms with Gasteiger partial charge in [0, 0.05) is 13.1 Å². The molecule has 2 rings (SSSR count). The van der Waals surface area contributed by atoms with Gasteiger partial charge in [-0.15, -0.1) is 0 Å². The number of nitrogens with one attached hydrogen (secondary N) is 1. The summed E-state index contributed by atoms with van der Waals surface area (Å²) in [5.74, 6) is 0.849. The zero-order valence-corrected chi connectivity index (χ0v) is 13.6. The average Bonchev–Trinajstić information content (AvgIpc) is 2.48. The van der Waals surface area contributed by atoms with Crippen molar-refractivity contribution in [2.75, 3.05) is 26.7 Å². The molecule has 0 bridgehead atoms. The van der Waals surface area contributed by atoms with Crippen LogP contribution in [0, 0.1) is 5.92 Å². The topological polar surface area (TPSA) is 32.3 Å². The third kappa shape index (κ3) is 4.31. The highest BCUT2D eigenvalue weighted by Gasteiger charge is 2.29. The molecule has 21 heavy (non-hydrogen) atoms. The van der Waals surface area contributed by atoms with Gasteiger partial charge in [0.15, 0.2) is 0 Å². The fourth-order valence-electron chi connectivity index (χ4n) is 3.11. The Bertz CT molecular complexity index is 456. The predicted molar refractivity (Wildman–Crippen MR) is 87.3 cm³/mol. The van der Waals surface area contributed by atoms with Crippen LogP contribution in [0.3, 0.4) is 0 Å². The Hall–Kier alpha value is -1.35. The summed E-state index contributed by atoms with van der Waals surface area (Å²) in [6.07, 6.45) is 3.66. The summed E-state index contributed by atoms with van der Waals surface area (Å²) in [5.41, 5.74) is 0.602. The third-order valence-corrected chi connectivity index (χ3v) is 4.62. The number of likely N-dealkylation sites (tertiary alicyclic amines) is 1. The van der Waals surface area contributed by atoms with Crippen LogP contribution in [0.4, 0.5) is 0 Å². The summed E-state index contributed by atoms with van der Waals surface area (Å²) < 4.78 is 0. The maximum atomic E-state index is 12.4. The van der Waals surface area contributed by atoms with Crippen LogP contribution in [0.5, 0.6) is 0 Å². The number of nitrogens with zero attached hydrogens (tertiary/aromatic N) is 1. The third-order valence-electron chi connectivity index (χ3n) is 4.62. The molecule has 0 aromatic heterocycles. The molecule has 1 atom stereocenters. The van der Waals surface area contributed by atoms with E-state index in [-0.39, 0.29) is 5.91 Å². The fourth-order valence-corrected chi connectivity index (χ4v) is 3.11. The minimum absolute atomic E-state index is 0.123. The second-order valence-electron chi connectivity index (χ2n) is 6.81. The molecular weight excluding hydrogens is 260 g/mol. The van der Waals surface area contributed by atoms with E-state index in [0.29, 0.717) is 0 Å². The number of benzene rings is 1. The molecule has 1 heterocycles. The molecule has 116 valence electrons. The number of amides is 1. The highest BCUT2D eigenvalue weighted by atomic mass is 16.2. The smallest absolute Gasteiger partial charge is 0.230 e. The number of hydrogen-bond acceptors (Lipinski definition) is 2. The molecule has 1 fully saturated rings. The lowest BCUT2D eigenvalue weighted by molar-refractivity contribution is -0.125. The van der Waals surface area contributed by atoms with Gasteiger partial charge in [0.1, 0.15) is 0 Å². The second kappa shape index (κ2) is 7.08. The van der Waals surface area contributed by atoms with Crippen LogP contribution in [0.2, 0.25) is 0 Å². The summed E-state index contributed by atoms with van der Waals surface area (Å²) in [6, 6.07) is 10.0. The van der Waals surface area contributed by atoms with E-state index in [9.17, 15) is 4.79 Å². The van der Waals surface area contributed by atoms with Crippen molar-refractivity contribution in [1.82, 2.24) is 10.2 Å². The van der Waals surface area contributed by atoms with Crippen molar-refractivity contribution >= 4 is 5.91 Å². The lowest BCUT2D eigenvalue weighted by atomic mass is 9.83. The Balaban J connectivity index is 1.81.